The summed E-state index contributed by atoms with van der Waals surface area (Å²) in [5.41, 5.74) is 3.74. The maximum atomic E-state index is 13.3. The highest BCUT2D eigenvalue weighted by Gasteiger charge is 2.14. The van der Waals surface area contributed by atoms with Gasteiger partial charge < -0.3 is 9.47 Å². The van der Waals surface area contributed by atoms with Gasteiger partial charge in [0.1, 0.15) is 12.4 Å². The molecular weight excluding hydrogens is 420 g/mol. The van der Waals surface area contributed by atoms with Gasteiger partial charge in [0.15, 0.2) is 5.75 Å². The standard InChI is InChI=1S/C20H20Cl2FN3O3/c21-17-9-15(11-24-25-19(27)12-26-4-6-28-7-5-26)10-18(22)20(17)29-13-14-2-1-3-16(23)8-14/h1-3,8-11H,4-7,12-13H2,(H,25,27)/b24-11+. The van der Waals surface area contributed by atoms with Crippen molar-refractivity contribution in [3.05, 3.63) is 63.4 Å². The second-order valence-corrected chi connectivity index (χ2v) is 7.23. The third-order valence-corrected chi connectivity index (χ3v) is 4.73. The maximum Gasteiger partial charge on any atom is 0.254 e. The molecule has 0 bridgehead atoms. The van der Waals surface area contributed by atoms with Crippen LogP contribution in [0.3, 0.4) is 0 Å². The molecule has 2 aromatic carbocycles. The van der Waals surface area contributed by atoms with E-state index in [1.54, 1.807) is 24.3 Å². The van der Waals surface area contributed by atoms with E-state index in [9.17, 15) is 9.18 Å². The number of rotatable bonds is 7. The SMILES string of the molecule is O=C(CN1CCOCC1)N/N=C/c1cc(Cl)c(OCc2cccc(F)c2)c(Cl)c1. The summed E-state index contributed by atoms with van der Waals surface area (Å²) < 4.78 is 24.1. The Labute approximate surface area is 178 Å². The van der Waals surface area contributed by atoms with Crippen LogP contribution in [0, 0.1) is 5.82 Å². The summed E-state index contributed by atoms with van der Waals surface area (Å²) in [6.07, 6.45) is 1.45. The zero-order valence-corrected chi connectivity index (χ0v) is 17.0. The third kappa shape index (κ3) is 6.68. The van der Waals surface area contributed by atoms with Crippen LogP contribution in [0.4, 0.5) is 4.39 Å². The Hall–Kier alpha value is -2.19. The third-order valence-electron chi connectivity index (χ3n) is 4.17. The van der Waals surface area contributed by atoms with Gasteiger partial charge in [-0.15, -0.1) is 0 Å². The molecule has 3 rings (SSSR count). The number of halogens is 3. The molecule has 1 saturated heterocycles. The van der Waals surface area contributed by atoms with Crippen LogP contribution >= 0.6 is 23.2 Å². The topological polar surface area (TPSA) is 63.2 Å². The van der Waals surface area contributed by atoms with Crippen LogP contribution in [0.5, 0.6) is 5.75 Å². The van der Waals surface area contributed by atoms with Crippen molar-refractivity contribution < 1.29 is 18.7 Å². The van der Waals surface area contributed by atoms with Gasteiger partial charge in [-0.1, -0.05) is 35.3 Å². The Balaban J connectivity index is 1.55. The van der Waals surface area contributed by atoms with E-state index in [-0.39, 0.29) is 34.9 Å². The fourth-order valence-electron chi connectivity index (χ4n) is 2.75. The van der Waals surface area contributed by atoms with E-state index in [0.717, 1.165) is 13.1 Å². The van der Waals surface area contributed by atoms with Gasteiger partial charge in [-0.05, 0) is 35.4 Å². The molecule has 1 amide bonds. The number of benzene rings is 2. The Bertz CT molecular complexity index is 866. The Morgan fingerprint density at radius 3 is 2.66 bits per heavy atom. The fraction of sp³-hybridized carbons (Fsp3) is 0.300. The first kappa shape index (κ1) is 21.5. The first-order valence-electron chi connectivity index (χ1n) is 8.99. The molecule has 0 aromatic heterocycles. The number of ether oxygens (including phenoxy) is 2. The van der Waals surface area contributed by atoms with E-state index in [4.69, 9.17) is 32.7 Å². The zero-order chi connectivity index (χ0) is 20.6. The van der Waals surface area contributed by atoms with Crippen molar-refractivity contribution in [3.63, 3.8) is 0 Å². The molecule has 0 aliphatic carbocycles. The lowest BCUT2D eigenvalue weighted by Crippen LogP contribution is -2.42. The molecule has 1 fully saturated rings. The largest absolute Gasteiger partial charge is 0.486 e. The highest BCUT2D eigenvalue weighted by molar-refractivity contribution is 6.37. The van der Waals surface area contributed by atoms with Gasteiger partial charge in [0.2, 0.25) is 0 Å². The van der Waals surface area contributed by atoms with E-state index in [1.807, 2.05) is 4.90 Å². The number of nitrogens with one attached hydrogen (secondary N) is 1. The summed E-state index contributed by atoms with van der Waals surface area (Å²) in [7, 11) is 0. The number of hydrogen-bond donors (Lipinski definition) is 1. The average molecular weight is 440 g/mol. The van der Waals surface area contributed by atoms with E-state index in [1.165, 1.54) is 18.3 Å². The van der Waals surface area contributed by atoms with Crippen LogP contribution < -0.4 is 10.2 Å². The molecule has 6 nitrogen and oxygen atoms in total. The Kier molecular flexibility index (Phi) is 7.83. The van der Waals surface area contributed by atoms with E-state index in [0.29, 0.717) is 30.1 Å². The first-order chi connectivity index (χ1) is 14.0. The molecule has 0 radical (unpaired) electrons. The van der Waals surface area contributed by atoms with E-state index in [2.05, 4.69) is 10.5 Å². The smallest absolute Gasteiger partial charge is 0.254 e. The lowest BCUT2D eigenvalue weighted by molar-refractivity contribution is -0.123. The minimum absolute atomic E-state index is 0.127. The van der Waals surface area contributed by atoms with Crippen molar-refractivity contribution in [1.82, 2.24) is 10.3 Å². The molecule has 1 aliphatic heterocycles. The minimum atomic E-state index is -0.342. The Morgan fingerprint density at radius 1 is 1.24 bits per heavy atom. The van der Waals surface area contributed by atoms with E-state index >= 15 is 0 Å². The molecule has 0 saturated carbocycles. The normalized spacial score (nSPS) is 14.9. The Morgan fingerprint density at radius 2 is 1.97 bits per heavy atom. The summed E-state index contributed by atoms with van der Waals surface area (Å²) in [4.78, 5) is 13.9. The average Bonchev–Trinajstić information content (AvgIpc) is 2.68. The molecule has 154 valence electrons. The number of hydrazone groups is 1. The molecule has 1 heterocycles. The van der Waals surface area contributed by atoms with Gasteiger partial charge in [0, 0.05) is 13.1 Å². The van der Waals surface area contributed by atoms with Crippen molar-refractivity contribution in [2.75, 3.05) is 32.8 Å². The molecule has 0 unspecified atom stereocenters. The molecular formula is C20H20Cl2FN3O3. The summed E-state index contributed by atoms with van der Waals surface area (Å²) in [5.74, 6) is -0.257. The lowest BCUT2D eigenvalue weighted by atomic mass is 10.2. The number of nitrogens with zero attached hydrogens (tertiary/aromatic N) is 2. The van der Waals surface area contributed by atoms with Gasteiger partial charge in [0.25, 0.3) is 5.91 Å². The van der Waals surface area contributed by atoms with Crippen molar-refractivity contribution in [3.8, 4) is 5.75 Å². The number of carbonyl (C=O) groups is 1. The molecule has 29 heavy (non-hydrogen) atoms. The van der Waals surface area contributed by atoms with Crippen molar-refractivity contribution >= 4 is 35.3 Å². The van der Waals surface area contributed by atoms with Crippen molar-refractivity contribution in [2.45, 2.75) is 6.61 Å². The molecule has 1 aliphatic rings. The van der Waals surface area contributed by atoms with Gasteiger partial charge in [-0.25, -0.2) is 9.82 Å². The summed E-state index contributed by atoms with van der Waals surface area (Å²) in [6, 6.07) is 9.31. The quantitative estimate of drug-likeness (QED) is 0.529. The monoisotopic (exact) mass is 439 g/mol. The molecule has 1 N–H and O–H groups in total. The van der Waals surface area contributed by atoms with Crippen molar-refractivity contribution in [2.24, 2.45) is 5.10 Å². The predicted octanol–water partition coefficient (Wildman–Crippen LogP) is 3.49. The zero-order valence-electron chi connectivity index (χ0n) is 15.5. The maximum absolute atomic E-state index is 13.3. The highest BCUT2D eigenvalue weighted by atomic mass is 35.5. The van der Waals surface area contributed by atoms with Crippen LogP contribution in [-0.4, -0.2) is 49.9 Å². The fourth-order valence-corrected chi connectivity index (χ4v) is 3.36. The number of morpholine rings is 1. The van der Waals surface area contributed by atoms with Crippen molar-refractivity contribution in [1.29, 1.82) is 0 Å². The lowest BCUT2D eigenvalue weighted by Gasteiger charge is -2.25. The highest BCUT2D eigenvalue weighted by Crippen LogP contribution is 2.34. The van der Waals surface area contributed by atoms with Gasteiger partial charge in [-0.2, -0.15) is 5.10 Å². The molecule has 0 spiro atoms. The summed E-state index contributed by atoms with van der Waals surface area (Å²) in [5, 5.41) is 4.51. The molecule has 2 aromatic rings. The first-order valence-corrected chi connectivity index (χ1v) is 9.75. The second kappa shape index (κ2) is 10.5. The van der Waals surface area contributed by atoms with Crippen LogP contribution in [0.1, 0.15) is 11.1 Å². The van der Waals surface area contributed by atoms with Gasteiger partial charge in [-0.3, -0.25) is 9.69 Å². The minimum Gasteiger partial charge on any atom is -0.486 e. The van der Waals surface area contributed by atoms with Gasteiger partial charge >= 0.3 is 0 Å². The second-order valence-electron chi connectivity index (χ2n) is 6.41. The van der Waals surface area contributed by atoms with Crippen LogP contribution in [0.25, 0.3) is 0 Å². The van der Waals surface area contributed by atoms with Crippen LogP contribution in [0.2, 0.25) is 10.0 Å². The number of hydrogen-bond acceptors (Lipinski definition) is 5. The summed E-state index contributed by atoms with van der Waals surface area (Å²) in [6.45, 7) is 3.08. The molecule has 0 atom stereocenters. The van der Waals surface area contributed by atoms with Crippen LogP contribution in [0.15, 0.2) is 41.5 Å². The van der Waals surface area contributed by atoms with E-state index < -0.39 is 0 Å². The number of carbonyl (C=O) groups excluding carboxylic acids is 1. The number of amides is 1. The summed E-state index contributed by atoms with van der Waals surface area (Å²) >= 11 is 12.5. The van der Waals surface area contributed by atoms with Crippen LogP contribution in [-0.2, 0) is 16.1 Å². The predicted molar refractivity (Wildman–Crippen MR) is 110 cm³/mol. The van der Waals surface area contributed by atoms with Gasteiger partial charge in [0.05, 0.1) is 36.0 Å². The molecule has 9 heteroatoms.